The molecule has 0 aromatic heterocycles. The quantitative estimate of drug-likeness (QED) is 0.794. The molecule has 0 heterocycles. The van der Waals surface area contributed by atoms with E-state index in [9.17, 15) is 4.39 Å². The second kappa shape index (κ2) is 4.87. The van der Waals surface area contributed by atoms with E-state index in [0.717, 1.165) is 22.5 Å². The van der Waals surface area contributed by atoms with Gasteiger partial charge in [0, 0.05) is 17.9 Å². The van der Waals surface area contributed by atoms with Gasteiger partial charge in [-0.3, -0.25) is 0 Å². The van der Waals surface area contributed by atoms with Gasteiger partial charge in [-0.25, -0.2) is 4.39 Å². The first-order chi connectivity index (χ1) is 8.16. The Morgan fingerprint density at radius 2 is 1.94 bits per heavy atom. The number of hydrogen-bond donors (Lipinski definition) is 2. The fourth-order valence-electron chi connectivity index (χ4n) is 1.69. The summed E-state index contributed by atoms with van der Waals surface area (Å²) < 4.78 is 13.0. The molecule has 0 spiro atoms. The maximum absolute atomic E-state index is 13.0. The molecule has 0 fully saturated rings. The van der Waals surface area contributed by atoms with E-state index in [1.165, 1.54) is 12.1 Å². The van der Waals surface area contributed by atoms with Crippen LogP contribution in [0.1, 0.15) is 11.1 Å². The van der Waals surface area contributed by atoms with Crippen LogP contribution >= 0.6 is 0 Å². The van der Waals surface area contributed by atoms with Crippen LogP contribution in [-0.4, -0.2) is 0 Å². The van der Waals surface area contributed by atoms with Crippen molar-refractivity contribution >= 4 is 11.4 Å². The summed E-state index contributed by atoms with van der Waals surface area (Å²) in [7, 11) is 0. The maximum atomic E-state index is 13.0. The third-order valence-corrected chi connectivity index (χ3v) is 2.75. The predicted molar refractivity (Wildman–Crippen MR) is 69.3 cm³/mol. The number of benzene rings is 2. The minimum absolute atomic E-state index is 0.214. The molecule has 2 nitrogen and oxygen atoms in total. The van der Waals surface area contributed by atoms with Crippen LogP contribution in [0.3, 0.4) is 0 Å². The number of hydrogen-bond acceptors (Lipinski definition) is 2. The van der Waals surface area contributed by atoms with E-state index < -0.39 is 0 Å². The molecule has 0 aliphatic heterocycles. The standard InChI is InChI=1S/C14H15FN2/c1-10-13(16)6-3-7-14(10)17-9-11-4-2-5-12(15)8-11/h2-8,17H,9,16H2,1H3. The topological polar surface area (TPSA) is 38.0 Å². The van der Waals surface area contributed by atoms with Gasteiger partial charge < -0.3 is 11.1 Å². The van der Waals surface area contributed by atoms with Crippen molar-refractivity contribution in [2.75, 3.05) is 11.1 Å². The summed E-state index contributed by atoms with van der Waals surface area (Å²) in [5.74, 6) is -0.214. The number of nitrogens with one attached hydrogen (secondary N) is 1. The highest BCUT2D eigenvalue weighted by Gasteiger charge is 2.01. The molecule has 2 rings (SSSR count). The minimum atomic E-state index is -0.214. The fourth-order valence-corrected chi connectivity index (χ4v) is 1.69. The molecule has 2 aromatic carbocycles. The summed E-state index contributed by atoms with van der Waals surface area (Å²) in [6, 6.07) is 12.3. The van der Waals surface area contributed by atoms with Gasteiger partial charge >= 0.3 is 0 Å². The molecule has 0 unspecified atom stereocenters. The average Bonchev–Trinajstić information content (AvgIpc) is 2.31. The van der Waals surface area contributed by atoms with Crippen LogP contribution < -0.4 is 11.1 Å². The summed E-state index contributed by atoms with van der Waals surface area (Å²) in [6.45, 7) is 2.55. The molecule has 0 bridgehead atoms. The zero-order valence-electron chi connectivity index (χ0n) is 9.70. The fraction of sp³-hybridized carbons (Fsp3) is 0.143. The van der Waals surface area contributed by atoms with Crippen LogP contribution in [0.25, 0.3) is 0 Å². The molecule has 3 heteroatoms. The number of nitrogen functional groups attached to an aromatic ring is 1. The van der Waals surface area contributed by atoms with E-state index in [-0.39, 0.29) is 5.82 Å². The molecular formula is C14H15FN2. The first-order valence-corrected chi connectivity index (χ1v) is 5.50. The zero-order chi connectivity index (χ0) is 12.3. The Morgan fingerprint density at radius 3 is 2.71 bits per heavy atom. The molecular weight excluding hydrogens is 215 g/mol. The van der Waals surface area contributed by atoms with Gasteiger partial charge in [-0.1, -0.05) is 18.2 Å². The van der Waals surface area contributed by atoms with Crippen molar-refractivity contribution in [1.82, 2.24) is 0 Å². The number of nitrogens with two attached hydrogens (primary N) is 1. The summed E-state index contributed by atoms with van der Waals surface area (Å²) in [6.07, 6.45) is 0. The van der Waals surface area contributed by atoms with E-state index in [0.29, 0.717) is 6.54 Å². The van der Waals surface area contributed by atoms with Crippen molar-refractivity contribution < 1.29 is 4.39 Å². The predicted octanol–water partition coefficient (Wildman–Crippen LogP) is 3.33. The Labute approximate surface area is 100 Å². The van der Waals surface area contributed by atoms with Gasteiger partial charge in [0.05, 0.1) is 0 Å². The lowest BCUT2D eigenvalue weighted by Gasteiger charge is -2.11. The van der Waals surface area contributed by atoms with Gasteiger partial charge in [-0.15, -0.1) is 0 Å². The second-order valence-corrected chi connectivity index (χ2v) is 4.00. The molecule has 0 amide bonds. The lowest BCUT2D eigenvalue weighted by molar-refractivity contribution is 0.626. The Bertz CT molecular complexity index is 523. The van der Waals surface area contributed by atoms with Crippen molar-refractivity contribution in [3.05, 3.63) is 59.4 Å². The van der Waals surface area contributed by atoms with Crippen LogP contribution in [0.15, 0.2) is 42.5 Å². The average molecular weight is 230 g/mol. The highest BCUT2D eigenvalue weighted by atomic mass is 19.1. The van der Waals surface area contributed by atoms with E-state index in [2.05, 4.69) is 5.32 Å². The molecule has 0 atom stereocenters. The van der Waals surface area contributed by atoms with Crippen LogP contribution in [0, 0.1) is 12.7 Å². The van der Waals surface area contributed by atoms with Crippen molar-refractivity contribution in [3.63, 3.8) is 0 Å². The SMILES string of the molecule is Cc1c(N)cccc1NCc1cccc(F)c1. The van der Waals surface area contributed by atoms with Crippen LogP contribution in [0.2, 0.25) is 0 Å². The van der Waals surface area contributed by atoms with Gasteiger partial charge in [0.1, 0.15) is 5.82 Å². The van der Waals surface area contributed by atoms with Gasteiger partial charge in [0.2, 0.25) is 0 Å². The molecule has 0 aliphatic rings. The lowest BCUT2D eigenvalue weighted by atomic mass is 10.1. The first kappa shape index (κ1) is 11.5. The summed E-state index contributed by atoms with van der Waals surface area (Å²) >= 11 is 0. The van der Waals surface area contributed by atoms with Crippen LogP contribution in [0.5, 0.6) is 0 Å². The molecule has 88 valence electrons. The van der Waals surface area contributed by atoms with Crippen molar-refractivity contribution in [1.29, 1.82) is 0 Å². The second-order valence-electron chi connectivity index (χ2n) is 4.00. The van der Waals surface area contributed by atoms with Crippen molar-refractivity contribution in [2.45, 2.75) is 13.5 Å². The molecule has 0 saturated carbocycles. The van der Waals surface area contributed by atoms with Crippen LogP contribution in [-0.2, 0) is 6.54 Å². The third-order valence-electron chi connectivity index (χ3n) is 2.75. The normalized spacial score (nSPS) is 10.2. The van der Waals surface area contributed by atoms with Crippen molar-refractivity contribution in [2.24, 2.45) is 0 Å². The van der Waals surface area contributed by atoms with Crippen molar-refractivity contribution in [3.8, 4) is 0 Å². The molecule has 3 N–H and O–H groups in total. The largest absolute Gasteiger partial charge is 0.398 e. The molecule has 0 saturated heterocycles. The van der Waals surface area contributed by atoms with E-state index in [4.69, 9.17) is 5.73 Å². The summed E-state index contributed by atoms with van der Waals surface area (Å²) in [5, 5.41) is 3.25. The molecule has 0 radical (unpaired) electrons. The van der Waals surface area contributed by atoms with Gasteiger partial charge in [-0.05, 0) is 42.3 Å². The Morgan fingerprint density at radius 1 is 1.18 bits per heavy atom. The maximum Gasteiger partial charge on any atom is 0.123 e. The number of halogens is 1. The third kappa shape index (κ3) is 2.75. The first-order valence-electron chi connectivity index (χ1n) is 5.50. The summed E-state index contributed by atoms with van der Waals surface area (Å²) in [4.78, 5) is 0. The highest BCUT2D eigenvalue weighted by molar-refractivity contribution is 5.62. The van der Waals surface area contributed by atoms with Gasteiger partial charge in [0.15, 0.2) is 0 Å². The van der Waals surface area contributed by atoms with E-state index >= 15 is 0 Å². The van der Waals surface area contributed by atoms with E-state index in [1.54, 1.807) is 6.07 Å². The highest BCUT2D eigenvalue weighted by Crippen LogP contribution is 2.21. The number of anilines is 2. The number of rotatable bonds is 3. The Balaban J connectivity index is 2.10. The summed E-state index contributed by atoms with van der Waals surface area (Å²) in [5.41, 5.74) is 9.48. The molecule has 0 aliphatic carbocycles. The smallest absolute Gasteiger partial charge is 0.123 e. The zero-order valence-corrected chi connectivity index (χ0v) is 9.70. The lowest BCUT2D eigenvalue weighted by Crippen LogP contribution is -2.02. The Kier molecular flexibility index (Phi) is 3.28. The monoisotopic (exact) mass is 230 g/mol. The Hall–Kier alpha value is -2.03. The molecule has 2 aromatic rings. The minimum Gasteiger partial charge on any atom is -0.398 e. The van der Waals surface area contributed by atoms with Crippen LogP contribution in [0.4, 0.5) is 15.8 Å². The van der Waals surface area contributed by atoms with Gasteiger partial charge in [-0.2, -0.15) is 0 Å². The molecule has 17 heavy (non-hydrogen) atoms. The van der Waals surface area contributed by atoms with Gasteiger partial charge in [0.25, 0.3) is 0 Å². The van der Waals surface area contributed by atoms with E-state index in [1.807, 2.05) is 31.2 Å².